The molecule has 28 heavy (non-hydrogen) atoms. The smallest absolute Gasteiger partial charge is 0.231 e. The molecule has 2 aromatic rings. The van der Waals surface area contributed by atoms with Crippen molar-refractivity contribution in [2.75, 3.05) is 6.79 Å². The van der Waals surface area contributed by atoms with Crippen LogP contribution in [0, 0.1) is 17.8 Å². The van der Waals surface area contributed by atoms with Crippen LogP contribution in [0.4, 0.5) is 0 Å². The van der Waals surface area contributed by atoms with Crippen LogP contribution in [0.5, 0.6) is 11.5 Å². The Kier molecular flexibility index (Phi) is 3.53. The molecule has 0 radical (unpaired) electrons. The summed E-state index contributed by atoms with van der Waals surface area (Å²) in [5.74, 6) is 4.57. The number of benzene rings is 2. The van der Waals surface area contributed by atoms with Crippen molar-refractivity contribution in [2.24, 2.45) is 22.9 Å². The van der Waals surface area contributed by atoms with E-state index in [2.05, 4.69) is 29.4 Å². The molecular weight excluding hydrogens is 350 g/mol. The van der Waals surface area contributed by atoms with Gasteiger partial charge in [-0.3, -0.25) is 0 Å². The molecule has 4 bridgehead atoms. The van der Waals surface area contributed by atoms with Gasteiger partial charge < -0.3 is 14.7 Å². The fourth-order valence-corrected chi connectivity index (χ4v) is 6.84. The van der Waals surface area contributed by atoms with E-state index in [4.69, 9.17) is 14.7 Å². The molecule has 7 rings (SSSR count). The summed E-state index contributed by atoms with van der Waals surface area (Å²) in [6.45, 7) is 0.323. The minimum atomic E-state index is 0.270. The molecule has 144 valence electrons. The molecule has 2 aromatic carbocycles. The first-order chi connectivity index (χ1) is 13.7. The fraction of sp³-hybridized carbons (Fsp3) is 0.458. The zero-order valence-electron chi connectivity index (χ0n) is 15.9. The molecule has 0 unspecified atom stereocenters. The third-order valence-electron chi connectivity index (χ3n) is 7.53. The molecule has 5 aliphatic rings. The summed E-state index contributed by atoms with van der Waals surface area (Å²) >= 11 is 0. The molecule has 4 aliphatic carbocycles. The van der Waals surface area contributed by atoms with Crippen molar-refractivity contribution in [1.82, 2.24) is 0 Å². The Morgan fingerprint density at radius 2 is 1.57 bits per heavy atom. The summed E-state index contributed by atoms with van der Waals surface area (Å²) < 4.78 is 11.8. The largest absolute Gasteiger partial charge is 0.454 e. The predicted octanol–water partition coefficient (Wildman–Crippen LogP) is 5.36. The van der Waals surface area contributed by atoms with E-state index in [-0.39, 0.29) is 5.41 Å². The summed E-state index contributed by atoms with van der Waals surface area (Å²) in [4.78, 5) is 0. The van der Waals surface area contributed by atoms with Gasteiger partial charge in [0.25, 0.3) is 0 Å². The van der Waals surface area contributed by atoms with Crippen LogP contribution in [0.3, 0.4) is 0 Å². The molecule has 0 aromatic heterocycles. The quantitative estimate of drug-likeness (QED) is 0.446. The Labute approximate surface area is 165 Å². The highest BCUT2D eigenvalue weighted by Crippen LogP contribution is 2.63. The zero-order chi connectivity index (χ0) is 18.7. The monoisotopic (exact) mass is 375 g/mol. The SMILES string of the molecule is ON=Cc1ccc(-c2cc3c(c(C45CC6CC(CC(C6)C4)C5)c2)OCO3)cc1. The second-order valence-electron chi connectivity index (χ2n) is 9.32. The van der Waals surface area contributed by atoms with Gasteiger partial charge in [-0.1, -0.05) is 29.4 Å². The first-order valence-corrected chi connectivity index (χ1v) is 10.4. The van der Waals surface area contributed by atoms with Gasteiger partial charge in [0.1, 0.15) is 0 Å². The van der Waals surface area contributed by atoms with Crippen LogP contribution < -0.4 is 9.47 Å². The van der Waals surface area contributed by atoms with E-state index in [9.17, 15) is 0 Å². The Hall–Kier alpha value is -2.49. The lowest BCUT2D eigenvalue weighted by atomic mass is 9.48. The number of rotatable bonds is 3. The molecule has 1 aliphatic heterocycles. The van der Waals surface area contributed by atoms with Crippen LogP contribution in [0.2, 0.25) is 0 Å². The third kappa shape index (κ3) is 2.47. The molecule has 0 amide bonds. The summed E-state index contributed by atoms with van der Waals surface area (Å²) in [5.41, 5.74) is 4.87. The normalized spacial score (nSPS) is 32.4. The van der Waals surface area contributed by atoms with Gasteiger partial charge in [-0.2, -0.15) is 0 Å². The maximum atomic E-state index is 8.74. The van der Waals surface area contributed by atoms with Crippen molar-refractivity contribution in [2.45, 2.75) is 43.9 Å². The van der Waals surface area contributed by atoms with Crippen LogP contribution in [-0.4, -0.2) is 18.2 Å². The summed E-state index contributed by atoms with van der Waals surface area (Å²) in [7, 11) is 0. The predicted molar refractivity (Wildman–Crippen MR) is 107 cm³/mol. The zero-order valence-corrected chi connectivity index (χ0v) is 15.9. The van der Waals surface area contributed by atoms with Crippen LogP contribution in [0.1, 0.15) is 49.7 Å². The Morgan fingerprint density at radius 1 is 0.893 bits per heavy atom. The van der Waals surface area contributed by atoms with E-state index >= 15 is 0 Å². The van der Waals surface area contributed by atoms with E-state index in [1.807, 2.05) is 12.1 Å². The van der Waals surface area contributed by atoms with Gasteiger partial charge in [0.2, 0.25) is 6.79 Å². The highest BCUT2D eigenvalue weighted by molar-refractivity contribution is 5.81. The lowest BCUT2D eigenvalue weighted by Gasteiger charge is -2.57. The van der Waals surface area contributed by atoms with E-state index in [0.717, 1.165) is 40.4 Å². The molecule has 0 saturated heterocycles. The number of hydrogen-bond donors (Lipinski definition) is 1. The molecule has 4 fully saturated rings. The second kappa shape index (κ2) is 6.00. The Balaban J connectivity index is 1.46. The average molecular weight is 375 g/mol. The molecule has 0 atom stereocenters. The van der Waals surface area contributed by atoms with E-state index in [0.29, 0.717) is 6.79 Å². The van der Waals surface area contributed by atoms with Crippen molar-refractivity contribution in [3.8, 4) is 22.6 Å². The van der Waals surface area contributed by atoms with Crippen LogP contribution in [0.25, 0.3) is 11.1 Å². The Bertz CT molecular complexity index is 912. The highest BCUT2D eigenvalue weighted by Gasteiger charge is 2.53. The molecule has 1 heterocycles. The highest BCUT2D eigenvalue weighted by atomic mass is 16.7. The van der Waals surface area contributed by atoms with E-state index in [1.54, 1.807) is 0 Å². The third-order valence-corrected chi connectivity index (χ3v) is 7.53. The summed E-state index contributed by atoms with van der Waals surface area (Å²) in [6.07, 6.45) is 9.69. The van der Waals surface area contributed by atoms with Gasteiger partial charge in [0, 0.05) is 5.56 Å². The lowest BCUT2D eigenvalue weighted by molar-refractivity contribution is -0.00626. The molecular formula is C24H25NO3. The van der Waals surface area contributed by atoms with E-state index < -0.39 is 0 Å². The van der Waals surface area contributed by atoms with Crippen molar-refractivity contribution >= 4 is 6.21 Å². The number of oxime groups is 1. The van der Waals surface area contributed by atoms with Crippen molar-refractivity contribution in [3.05, 3.63) is 47.5 Å². The van der Waals surface area contributed by atoms with E-state index in [1.165, 1.54) is 55.9 Å². The van der Waals surface area contributed by atoms with Crippen molar-refractivity contribution in [1.29, 1.82) is 0 Å². The van der Waals surface area contributed by atoms with Gasteiger partial charge in [-0.25, -0.2) is 0 Å². The van der Waals surface area contributed by atoms with Gasteiger partial charge in [0.05, 0.1) is 6.21 Å². The van der Waals surface area contributed by atoms with Crippen molar-refractivity contribution < 1.29 is 14.7 Å². The van der Waals surface area contributed by atoms with Crippen LogP contribution in [0.15, 0.2) is 41.6 Å². The fourth-order valence-electron chi connectivity index (χ4n) is 6.84. The molecule has 1 N–H and O–H groups in total. The van der Waals surface area contributed by atoms with Crippen LogP contribution >= 0.6 is 0 Å². The maximum Gasteiger partial charge on any atom is 0.231 e. The minimum Gasteiger partial charge on any atom is -0.454 e. The standard InChI is InChI=1S/C24H25NO3/c26-25-13-15-1-3-19(4-2-15)20-8-21(23-22(9-20)27-14-28-23)24-10-16-5-17(11-24)7-18(6-16)12-24/h1-4,8-9,13,16-18,26H,5-7,10-12,14H2. The number of nitrogens with zero attached hydrogens (tertiary/aromatic N) is 1. The van der Waals surface area contributed by atoms with Gasteiger partial charge >= 0.3 is 0 Å². The Morgan fingerprint density at radius 3 is 2.21 bits per heavy atom. The number of hydrogen-bond acceptors (Lipinski definition) is 4. The molecule has 4 heteroatoms. The summed E-state index contributed by atoms with van der Waals surface area (Å²) in [5, 5.41) is 11.9. The molecule has 0 spiro atoms. The van der Waals surface area contributed by atoms with Crippen LogP contribution in [-0.2, 0) is 5.41 Å². The topological polar surface area (TPSA) is 51.1 Å². The second-order valence-corrected chi connectivity index (χ2v) is 9.32. The lowest BCUT2D eigenvalue weighted by Crippen LogP contribution is -2.48. The van der Waals surface area contributed by atoms with Crippen molar-refractivity contribution in [3.63, 3.8) is 0 Å². The summed E-state index contributed by atoms with van der Waals surface area (Å²) in [6, 6.07) is 12.6. The molecule has 4 saturated carbocycles. The maximum absolute atomic E-state index is 8.74. The first-order valence-electron chi connectivity index (χ1n) is 10.4. The number of fused-ring (bicyclic) bond motifs is 1. The van der Waals surface area contributed by atoms with Gasteiger partial charge in [0.15, 0.2) is 11.5 Å². The minimum absolute atomic E-state index is 0.270. The number of ether oxygens (including phenoxy) is 2. The van der Waals surface area contributed by atoms with Gasteiger partial charge in [-0.05, 0) is 90.5 Å². The van der Waals surface area contributed by atoms with Gasteiger partial charge in [-0.15, -0.1) is 0 Å². The first kappa shape index (κ1) is 16.5. The molecule has 4 nitrogen and oxygen atoms in total. The average Bonchev–Trinajstić information content (AvgIpc) is 3.15.